The molecule has 5 heteroatoms. The van der Waals surface area contributed by atoms with Crippen LogP contribution in [0.25, 0.3) is 0 Å². The van der Waals surface area contributed by atoms with Crippen molar-refractivity contribution in [3.05, 3.63) is 33.7 Å². The minimum absolute atomic E-state index is 0.161. The normalized spacial score (nSPS) is 15.9. The fraction of sp³-hybridized carbons (Fsp3) is 0.625. The highest BCUT2D eigenvalue weighted by molar-refractivity contribution is 5.93. The molecule has 21 heavy (non-hydrogen) atoms. The Bertz CT molecular complexity index is 518. The maximum absolute atomic E-state index is 11.9. The Labute approximate surface area is 125 Å². The molecule has 116 valence electrons. The third kappa shape index (κ3) is 5.01. The van der Waals surface area contributed by atoms with Gasteiger partial charge < -0.3 is 15.0 Å². The maximum atomic E-state index is 11.9. The van der Waals surface area contributed by atoms with Gasteiger partial charge in [0, 0.05) is 18.8 Å². The number of aryl methyl sites for hydroxylation is 1. The highest BCUT2D eigenvalue weighted by Crippen LogP contribution is 2.20. The molecule has 0 unspecified atom stereocenters. The average Bonchev–Trinajstić information content (AvgIpc) is 2.47. The molecular weight excluding hydrogens is 268 g/mol. The summed E-state index contributed by atoms with van der Waals surface area (Å²) in [4.78, 5) is 26.1. The van der Waals surface area contributed by atoms with Gasteiger partial charge in [-0.1, -0.05) is 19.3 Å². The van der Waals surface area contributed by atoms with Gasteiger partial charge in [0.05, 0.1) is 6.10 Å². The van der Waals surface area contributed by atoms with E-state index in [1.807, 2.05) is 0 Å². The van der Waals surface area contributed by atoms with Crippen molar-refractivity contribution >= 4 is 5.91 Å². The van der Waals surface area contributed by atoms with E-state index in [4.69, 9.17) is 4.74 Å². The standard InChI is InChI=1S/C16H24N2O3/c1-12-8-9-14(16(20)18-12)15(19)17-10-5-11-21-13-6-3-2-4-7-13/h8-9,13H,2-7,10-11H2,1H3,(H,17,19)(H,18,20). The molecule has 2 N–H and O–H groups in total. The molecule has 0 atom stereocenters. The number of nitrogens with one attached hydrogen (secondary N) is 2. The number of H-pyrrole nitrogens is 1. The number of ether oxygens (including phenoxy) is 1. The van der Waals surface area contributed by atoms with Gasteiger partial charge >= 0.3 is 0 Å². The first kappa shape index (κ1) is 15.8. The van der Waals surface area contributed by atoms with Gasteiger partial charge in [-0.15, -0.1) is 0 Å². The summed E-state index contributed by atoms with van der Waals surface area (Å²) in [6.07, 6.45) is 7.33. The number of aromatic amines is 1. The van der Waals surface area contributed by atoms with Crippen LogP contribution in [-0.4, -0.2) is 30.1 Å². The molecule has 2 rings (SSSR count). The zero-order valence-corrected chi connectivity index (χ0v) is 12.6. The number of amides is 1. The number of hydrogen-bond donors (Lipinski definition) is 2. The van der Waals surface area contributed by atoms with Gasteiger partial charge in [0.15, 0.2) is 0 Å². The van der Waals surface area contributed by atoms with Crippen LogP contribution in [0.15, 0.2) is 16.9 Å². The number of carbonyl (C=O) groups is 1. The first-order valence-corrected chi connectivity index (χ1v) is 7.76. The molecule has 1 aliphatic carbocycles. The fourth-order valence-corrected chi connectivity index (χ4v) is 2.60. The Balaban J connectivity index is 1.66. The van der Waals surface area contributed by atoms with E-state index in [2.05, 4.69) is 10.3 Å². The van der Waals surface area contributed by atoms with Gasteiger partial charge in [-0.3, -0.25) is 9.59 Å². The van der Waals surface area contributed by atoms with Gasteiger partial charge in [-0.25, -0.2) is 0 Å². The number of hydrogen-bond acceptors (Lipinski definition) is 3. The van der Waals surface area contributed by atoms with Crippen molar-refractivity contribution in [1.29, 1.82) is 0 Å². The zero-order valence-electron chi connectivity index (χ0n) is 12.6. The highest BCUT2D eigenvalue weighted by Gasteiger charge is 2.13. The van der Waals surface area contributed by atoms with E-state index in [0.717, 1.165) is 25.0 Å². The second-order valence-electron chi connectivity index (χ2n) is 5.62. The van der Waals surface area contributed by atoms with Crippen LogP contribution in [0.4, 0.5) is 0 Å². The lowest BCUT2D eigenvalue weighted by Crippen LogP contribution is -2.31. The molecule has 0 saturated heterocycles. The molecule has 1 fully saturated rings. The number of aromatic nitrogens is 1. The second kappa shape index (κ2) is 7.98. The van der Waals surface area contributed by atoms with Gasteiger partial charge in [0.1, 0.15) is 5.56 Å². The smallest absolute Gasteiger partial charge is 0.260 e. The summed E-state index contributed by atoms with van der Waals surface area (Å²) in [6.45, 7) is 2.97. The molecule has 0 aromatic carbocycles. The molecule has 0 bridgehead atoms. The molecule has 1 aromatic rings. The third-order valence-electron chi connectivity index (χ3n) is 3.81. The van der Waals surface area contributed by atoms with Gasteiger partial charge in [-0.05, 0) is 38.3 Å². The molecular formula is C16H24N2O3. The van der Waals surface area contributed by atoms with E-state index in [1.165, 1.54) is 19.3 Å². The van der Waals surface area contributed by atoms with E-state index in [1.54, 1.807) is 19.1 Å². The first-order chi connectivity index (χ1) is 10.2. The molecule has 1 amide bonds. The minimum atomic E-state index is -0.342. The van der Waals surface area contributed by atoms with Crippen molar-refractivity contribution in [2.45, 2.75) is 51.6 Å². The monoisotopic (exact) mass is 292 g/mol. The molecule has 5 nitrogen and oxygen atoms in total. The third-order valence-corrected chi connectivity index (χ3v) is 3.81. The predicted octanol–water partition coefficient (Wildman–Crippen LogP) is 2.15. The van der Waals surface area contributed by atoms with Crippen molar-refractivity contribution in [3.8, 4) is 0 Å². The van der Waals surface area contributed by atoms with Crippen LogP contribution < -0.4 is 10.9 Å². The largest absolute Gasteiger partial charge is 0.378 e. The molecule has 1 aliphatic rings. The fourth-order valence-electron chi connectivity index (χ4n) is 2.60. The van der Waals surface area contributed by atoms with Crippen LogP contribution in [0.1, 0.15) is 54.6 Å². The lowest BCUT2D eigenvalue weighted by atomic mass is 9.98. The summed E-state index contributed by atoms with van der Waals surface area (Å²) < 4.78 is 5.79. The Morgan fingerprint density at radius 3 is 2.81 bits per heavy atom. The van der Waals surface area contributed by atoms with Crippen LogP contribution in [0, 0.1) is 6.92 Å². The Morgan fingerprint density at radius 2 is 2.10 bits per heavy atom. The predicted molar refractivity (Wildman–Crippen MR) is 81.6 cm³/mol. The number of rotatable bonds is 6. The summed E-state index contributed by atoms with van der Waals surface area (Å²) in [6, 6.07) is 3.28. The van der Waals surface area contributed by atoms with Crippen LogP contribution in [0.3, 0.4) is 0 Å². The van der Waals surface area contributed by atoms with Crippen molar-refractivity contribution in [3.63, 3.8) is 0 Å². The van der Waals surface area contributed by atoms with E-state index in [0.29, 0.717) is 19.3 Å². The minimum Gasteiger partial charge on any atom is -0.378 e. The highest BCUT2D eigenvalue weighted by atomic mass is 16.5. The van der Waals surface area contributed by atoms with Gasteiger partial charge in [0.2, 0.25) is 0 Å². The molecule has 1 heterocycles. The van der Waals surface area contributed by atoms with Gasteiger partial charge in [0.25, 0.3) is 11.5 Å². The lowest BCUT2D eigenvalue weighted by Gasteiger charge is -2.21. The van der Waals surface area contributed by atoms with Crippen molar-refractivity contribution in [2.75, 3.05) is 13.2 Å². The summed E-state index contributed by atoms with van der Waals surface area (Å²) in [5.41, 5.74) is 0.567. The topological polar surface area (TPSA) is 71.2 Å². The molecule has 1 saturated carbocycles. The van der Waals surface area contributed by atoms with E-state index in [-0.39, 0.29) is 17.0 Å². The zero-order chi connectivity index (χ0) is 15.1. The summed E-state index contributed by atoms with van der Waals surface area (Å²) in [7, 11) is 0. The number of pyridine rings is 1. The van der Waals surface area contributed by atoms with Crippen molar-refractivity contribution in [1.82, 2.24) is 10.3 Å². The van der Waals surface area contributed by atoms with Crippen molar-refractivity contribution in [2.24, 2.45) is 0 Å². The maximum Gasteiger partial charge on any atom is 0.260 e. The first-order valence-electron chi connectivity index (χ1n) is 7.76. The van der Waals surface area contributed by atoms with Gasteiger partial charge in [-0.2, -0.15) is 0 Å². The van der Waals surface area contributed by atoms with Crippen molar-refractivity contribution < 1.29 is 9.53 Å². The second-order valence-corrected chi connectivity index (χ2v) is 5.62. The SMILES string of the molecule is Cc1ccc(C(=O)NCCCOC2CCCCC2)c(=O)[nH]1. The van der Waals surface area contributed by atoms with E-state index < -0.39 is 0 Å². The van der Waals surface area contributed by atoms with E-state index in [9.17, 15) is 9.59 Å². The van der Waals surface area contributed by atoms with Crippen LogP contribution in [0.5, 0.6) is 0 Å². The average molecular weight is 292 g/mol. The molecule has 0 radical (unpaired) electrons. The van der Waals surface area contributed by atoms with E-state index >= 15 is 0 Å². The Morgan fingerprint density at radius 1 is 1.33 bits per heavy atom. The summed E-state index contributed by atoms with van der Waals surface area (Å²) >= 11 is 0. The Kier molecular flexibility index (Phi) is 5.99. The summed E-state index contributed by atoms with van der Waals surface area (Å²) in [5, 5.41) is 2.76. The Hall–Kier alpha value is -1.62. The molecule has 0 spiro atoms. The quantitative estimate of drug-likeness (QED) is 0.789. The van der Waals surface area contributed by atoms with Crippen LogP contribution in [0.2, 0.25) is 0 Å². The lowest BCUT2D eigenvalue weighted by molar-refractivity contribution is 0.0273. The summed E-state index contributed by atoms with van der Waals surface area (Å²) in [5.74, 6) is -0.325. The number of carbonyl (C=O) groups excluding carboxylic acids is 1. The van der Waals surface area contributed by atoms with Crippen LogP contribution >= 0.6 is 0 Å². The molecule has 1 aromatic heterocycles. The van der Waals surface area contributed by atoms with Crippen LogP contribution in [-0.2, 0) is 4.74 Å². The molecule has 0 aliphatic heterocycles.